The standard InChI is InChI=1S/C13H17FOS/c1-4-10(3)16-8-13(15)11-5-9(2)6-12(14)7-11/h5-7,10H,4,8H2,1-3H3. The van der Waals surface area contributed by atoms with E-state index in [1.54, 1.807) is 24.8 Å². The van der Waals surface area contributed by atoms with E-state index in [-0.39, 0.29) is 11.6 Å². The first-order valence-electron chi connectivity index (χ1n) is 5.45. The molecule has 0 bridgehead atoms. The minimum atomic E-state index is -0.336. The number of hydrogen-bond donors (Lipinski definition) is 0. The van der Waals surface area contributed by atoms with Gasteiger partial charge in [0.15, 0.2) is 5.78 Å². The highest BCUT2D eigenvalue weighted by molar-refractivity contribution is 8.00. The molecular formula is C13H17FOS. The van der Waals surface area contributed by atoms with Gasteiger partial charge in [0, 0.05) is 10.8 Å². The van der Waals surface area contributed by atoms with Crippen LogP contribution in [0.25, 0.3) is 0 Å². The lowest BCUT2D eigenvalue weighted by Crippen LogP contribution is -2.06. The van der Waals surface area contributed by atoms with Gasteiger partial charge in [-0.2, -0.15) is 11.8 Å². The first kappa shape index (κ1) is 13.2. The van der Waals surface area contributed by atoms with Crippen molar-refractivity contribution in [1.29, 1.82) is 0 Å². The molecule has 0 saturated heterocycles. The van der Waals surface area contributed by atoms with Crippen molar-refractivity contribution in [1.82, 2.24) is 0 Å². The van der Waals surface area contributed by atoms with E-state index in [4.69, 9.17) is 0 Å². The molecule has 0 spiro atoms. The molecule has 0 fully saturated rings. The van der Waals surface area contributed by atoms with Crippen molar-refractivity contribution in [3.63, 3.8) is 0 Å². The highest BCUT2D eigenvalue weighted by Crippen LogP contribution is 2.17. The molecule has 0 heterocycles. The van der Waals surface area contributed by atoms with E-state index in [0.29, 0.717) is 16.6 Å². The maximum absolute atomic E-state index is 13.1. The molecule has 1 rings (SSSR count). The molecule has 0 aliphatic carbocycles. The molecule has 0 radical (unpaired) electrons. The molecule has 88 valence electrons. The number of thioether (sulfide) groups is 1. The van der Waals surface area contributed by atoms with Crippen LogP contribution >= 0.6 is 11.8 Å². The lowest BCUT2D eigenvalue weighted by Gasteiger charge is -2.07. The van der Waals surface area contributed by atoms with Crippen LogP contribution in [-0.2, 0) is 0 Å². The van der Waals surface area contributed by atoms with Crippen LogP contribution in [0.1, 0.15) is 36.2 Å². The summed E-state index contributed by atoms with van der Waals surface area (Å²) in [5.41, 5.74) is 1.27. The van der Waals surface area contributed by atoms with Crippen LogP contribution in [0.5, 0.6) is 0 Å². The second-order valence-corrected chi connectivity index (χ2v) is 5.40. The molecule has 1 nitrogen and oxygen atoms in total. The van der Waals surface area contributed by atoms with Gasteiger partial charge in [0.05, 0.1) is 5.75 Å². The van der Waals surface area contributed by atoms with Crippen LogP contribution < -0.4 is 0 Å². The third kappa shape index (κ3) is 3.97. The Kier molecular flexibility index (Phi) is 5.00. The highest BCUT2D eigenvalue weighted by atomic mass is 32.2. The number of halogens is 1. The molecule has 0 amide bonds. The zero-order chi connectivity index (χ0) is 12.1. The third-order valence-corrected chi connectivity index (χ3v) is 3.77. The molecule has 1 aromatic rings. The second kappa shape index (κ2) is 6.04. The van der Waals surface area contributed by atoms with Gasteiger partial charge in [-0.1, -0.05) is 13.8 Å². The van der Waals surface area contributed by atoms with E-state index >= 15 is 0 Å². The Labute approximate surface area is 100 Å². The first-order valence-corrected chi connectivity index (χ1v) is 6.49. The van der Waals surface area contributed by atoms with E-state index in [9.17, 15) is 9.18 Å². The molecule has 0 aliphatic heterocycles. The zero-order valence-electron chi connectivity index (χ0n) is 9.92. The van der Waals surface area contributed by atoms with Crippen molar-refractivity contribution in [2.75, 3.05) is 5.75 Å². The quantitative estimate of drug-likeness (QED) is 0.727. The molecule has 16 heavy (non-hydrogen) atoms. The number of carbonyl (C=O) groups is 1. The highest BCUT2D eigenvalue weighted by Gasteiger charge is 2.09. The minimum absolute atomic E-state index is 0.00731. The van der Waals surface area contributed by atoms with Gasteiger partial charge < -0.3 is 0 Å². The number of aryl methyl sites for hydroxylation is 1. The summed E-state index contributed by atoms with van der Waals surface area (Å²) in [5.74, 6) is 0.0996. The van der Waals surface area contributed by atoms with Gasteiger partial charge in [0.1, 0.15) is 5.82 Å². The molecule has 0 saturated carbocycles. The van der Waals surface area contributed by atoms with Crippen molar-refractivity contribution in [2.24, 2.45) is 0 Å². The van der Waals surface area contributed by atoms with Crippen LogP contribution in [0.4, 0.5) is 4.39 Å². The maximum atomic E-state index is 13.1. The van der Waals surface area contributed by atoms with Crippen LogP contribution in [0, 0.1) is 12.7 Å². The Hall–Kier alpha value is -0.830. The number of Topliss-reactive ketones (excluding diaryl/α,β-unsaturated/α-hetero) is 1. The monoisotopic (exact) mass is 240 g/mol. The SMILES string of the molecule is CCC(C)SCC(=O)c1cc(C)cc(F)c1. The van der Waals surface area contributed by atoms with Gasteiger partial charge in [-0.15, -0.1) is 0 Å². The predicted octanol–water partition coefficient (Wildman–Crippen LogP) is 3.85. The molecule has 3 heteroatoms. The van der Waals surface area contributed by atoms with Crippen molar-refractivity contribution in [3.8, 4) is 0 Å². The van der Waals surface area contributed by atoms with Crippen LogP contribution in [0.3, 0.4) is 0 Å². The Morgan fingerprint density at radius 1 is 1.44 bits per heavy atom. The normalized spacial score (nSPS) is 12.5. The lowest BCUT2D eigenvalue weighted by molar-refractivity contribution is 0.102. The smallest absolute Gasteiger partial charge is 0.172 e. The average molecular weight is 240 g/mol. The molecule has 0 aromatic heterocycles. The maximum Gasteiger partial charge on any atom is 0.172 e. The fourth-order valence-electron chi connectivity index (χ4n) is 1.32. The summed E-state index contributed by atoms with van der Waals surface area (Å²) in [6.45, 7) is 5.98. The molecule has 1 aromatic carbocycles. The van der Waals surface area contributed by atoms with Gasteiger partial charge in [-0.05, 0) is 37.1 Å². The topological polar surface area (TPSA) is 17.1 Å². The Balaban J connectivity index is 2.66. The van der Waals surface area contributed by atoms with Crippen LogP contribution in [0.2, 0.25) is 0 Å². The van der Waals surface area contributed by atoms with Crippen LogP contribution in [0.15, 0.2) is 18.2 Å². The summed E-state index contributed by atoms with van der Waals surface area (Å²) in [5, 5.41) is 0.471. The fraction of sp³-hybridized carbons (Fsp3) is 0.462. The van der Waals surface area contributed by atoms with E-state index in [1.165, 1.54) is 12.1 Å². The summed E-state index contributed by atoms with van der Waals surface area (Å²) < 4.78 is 13.1. The van der Waals surface area contributed by atoms with E-state index in [1.807, 2.05) is 0 Å². The first-order chi connectivity index (χ1) is 7.52. The Morgan fingerprint density at radius 2 is 2.12 bits per heavy atom. The number of rotatable bonds is 5. The lowest BCUT2D eigenvalue weighted by atomic mass is 10.1. The van der Waals surface area contributed by atoms with Gasteiger partial charge in [0.25, 0.3) is 0 Å². The van der Waals surface area contributed by atoms with Gasteiger partial charge in [-0.25, -0.2) is 4.39 Å². The van der Waals surface area contributed by atoms with Crippen molar-refractivity contribution >= 4 is 17.5 Å². The molecule has 1 atom stereocenters. The number of benzene rings is 1. The van der Waals surface area contributed by atoms with E-state index in [2.05, 4.69) is 13.8 Å². The van der Waals surface area contributed by atoms with Crippen molar-refractivity contribution in [3.05, 3.63) is 35.1 Å². The van der Waals surface area contributed by atoms with Gasteiger partial charge in [-0.3, -0.25) is 4.79 Å². The number of carbonyl (C=O) groups excluding carboxylic acids is 1. The minimum Gasteiger partial charge on any atom is -0.293 e. The molecule has 1 unspecified atom stereocenters. The third-order valence-electron chi connectivity index (χ3n) is 2.44. The molecule has 0 N–H and O–H groups in total. The average Bonchev–Trinajstić information content (AvgIpc) is 2.23. The summed E-state index contributed by atoms with van der Waals surface area (Å²) in [4.78, 5) is 11.8. The fourth-order valence-corrected chi connectivity index (χ4v) is 2.15. The van der Waals surface area contributed by atoms with Gasteiger partial charge in [0.2, 0.25) is 0 Å². The second-order valence-electron chi connectivity index (χ2n) is 3.97. The van der Waals surface area contributed by atoms with Crippen molar-refractivity contribution in [2.45, 2.75) is 32.4 Å². The molecule has 0 aliphatic rings. The van der Waals surface area contributed by atoms with E-state index < -0.39 is 0 Å². The van der Waals surface area contributed by atoms with E-state index in [0.717, 1.165) is 12.0 Å². The summed E-state index contributed by atoms with van der Waals surface area (Å²) in [6, 6.07) is 4.48. The predicted molar refractivity (Wildman–Crippen MR) is 67.7 cm³/mol. The summed E-state index contributed by atoms with van der Waals surface area (Å²) >= 11 is 1.62. The number of ketones is 1. The largest absolute Gasteiger partial charge is 0.293 e. The Bertz CT molecular complexity index is 356. The zero-order valence-corrected chi connectivity index (χ0v) is 10.7. The van der Waals surface area contributed by atoms with Crippen molar-refractivity contribution < 1.29 is 9.18 Å². The summed E-state index contributed by atoms with van der Waals surface area (Å²) in [7, 11) is 0. The number of hydrogen-bond acceptors (Lipinski definition) is 2. The Morgan fingerprint density at radius 3 is 2.69 bits per heavy atom. The van der Waals surface area contributed by atoms with Gasteiger partial charge >= 0.3 is 0 Å². The molecular weight excluding hydrogens is 223 g/mol. The van der Waals surface area contributed by atoms with Crippen LogP contribution in [-0.4, -0.2) is 16.8 Å². The summed E-state index contributed by atoms with van der Waals surface area (Å²) in [6.07, 6.45) is 1.04.